The molecule has 1 aliphatic rings. The topological polar surface area (TPSA) is 38.8 Å². The fourth-order valence-corrected chi connectivity index (χ4v) is 2.42. The minimum absolute atomic E-state index is 0. The van der Waals surface area contributed by atoms with Crippen LogP contribution in [0.2, 0.25) is 0 Å². The predicted octanol–water partition coefficient (Wildman–Crippen LogP) is 2.94. The summed E-state index contributed by atoms with van der Waals surface area (Å²) in [4.78, 5) is 14.1. The molecule has 0 bridgehead atoms. The lowest BCUT2D eigenvalue weighted by Gasteiger charge is -2.15. The average molecular weight is 346 g/mol. The van der Waals surface area contributed by atoms with Gasteiger partial charge in [0.15, 0.2) is 5.78 Å². The van der Waals surface area contributed by atoms with Crippen LogP contribution in [0.5, 0.6) is 11.5 Å². The first-order valence-electron chi connectivity index (χ1n) is 5.52. The van der Waals surface area contributed by atoms with Gasteiger partial charge >= 0.3 is 0 Å². The van der Waals surface area contributed by atoms with Crippen LogP contribution in [0, 0.1) is 0 Å². The second kappa shape index (κ2) is 7.45. The molecule has 0 radical (unpaired) electrons. The van der Waals surface area contributed by atoms with Crippen molar-refractivity contribution in [1.82, 2.24) is 4.90 Å². The summed E-state index contributed by atoms with van der Waals surface area (Å²) in [6, 6.07) is 5.24. The van der Waals surface area contributed by atoms with E-state index in [4.69, 9.17) is 9.47 Å². The summed E-state index contributed by atoms with van der Waals surface area (Å²) < 4.78 is 10.3. The normalized spacial score (nSPS) is 13.1. The molecule has 2 rings (SSSR count). The third-order valence-electron chi connectivity index (χ3n) is 2.66. The third-order valence-corrected chi connectivity index (χ3v) is 3.46. The Morgan fingerprint density at radius 2 is 2.16 bits per heavy atom. The standard InChI is InChI=1S/C13H15NO3S.BrH/c1-16-10-3-4-11(13(7-10)17-2)12(15)8-14-5-6-18-9-14;/h3-7H,8-9H2,1-2H3;1H. The van der Waals surface area contributed by atoms with Crippen LogP contribution in [0.15, 0.2) is 29.8 Å². The summed E-state index contributed by atoms with van der Waals surface area (Å²) >= 11 is 1.68. The first-order chi connectivity index (χ1) is 8.74. The molecule has 0 aliphatic carbocycles. The monoisotopic (exact) mass is 345 g/mol. The van der Waals surface area contributed by atoms with Crippen LogP contribution in [-0.2, 0) is 0 Å². The van der Waals surface area contributed by atoms with E-state index in [9.17, 15) is 4.79 Å². The zero-order chi connectivity index (χ0) is 13.0. The van der Waals surface area contributed by atoms with Crippen molar-refractivity contribution in [3.8, 4) is 11.5 Å². The van der Waals surface area contributed by atoms with Crippen LogP contribution in [0.25, 0.3) is 0 Å². The predicted molar refractivity (Wildman–Crippen MR) is 82.5 cm³/mol. The van der Waals surface area contributed by atoms with E-state index in [1.807, 2.05) is 16.5 Å². The second-order valence-electron chi connectivity index (χ2n) is 3.82. The Kier molecular flexibility index (Phi) is 6.24. The number of ether oxygens (including phenoxy) is 2. The number of thioether (sulfide) groups is 1. The van der Waals surface area contributed by atoms with Crippen LogP contribution in [-0.4, -0.2) is 37.3 Å². The van der Waals surface area contributed by atoms with E-state index < -0.39 is 0 Å². The summed E-state index contributed by atoms with van der Waals surface area (Å²) in [6.07, 6.45) is 1.93. The van der Waals surface area contributed by atoms with Crippen molar-refractivity contribution in [2.75, 3.05) is 26.6 Å². The van der Waals surface area contributed by atoms with Crippen molar-refractivity contribution in [2.24, 2.45) is 0 Å². The molecule has 0 amide bonds. The molecule has 1 aromatic carbocycles. The zero-order valence-electron chi connectivity index (χ0n) is 10.8. The van der Waals surface area contributed by atoms with Crippen LogP contribution in [0.3, 0.4) is 0 Å². The maximum absolute atomic E-state index is 12.2. The number of carbonyl (C=O) groups is 1. The van der Waals surface area contributed by atoms with E-state index >= 15 is 0 Å². The van der Waals surface area contributed by atoms with E-state index in [-0.39, 0.29) is 22.8 Å². The summed E-state index contributed by atoms with van der Waals surface area (Å²) in [6.45, 7) is 0.367. The van der Waals surface area contributed by atoms with Gasteiger partial charge in [-0.1, -0.05) is 0 Å². The molecule has 4 nitrogen and oxygen atoms in total. The Bertz CT molecular complexity index is 479. The van der Waals surface area contributed by atoms with Crippen LogP contribution < -0.4 is 9.47 Å². The number of benzene rings is 1. The first kappa shape index (κ1) is 15.9. The number of ketones is 1. The van der Waals surface area contributed by atoms with E-state index in [0.29, 0.717) is 23.6 Å². The minimum Gasteiger partial charge on any atom is -0.497 e. The number of hydrogen-bond acceptors (Lipinski definition) is 5. The van der Waals surface area contributed by atoms with Crippen LogP contribution in [0.4, 0.5) is 0 Å². The maximum atomic E-state index is 12.2. The molecule has 0 unspecified atom stereocenters. The van der Waals surface area contributed by atoms with Gasteiger partial charge in [-0.2, -0.15) is 0 Å². The van der Waals surface area contributed by atoms with Gasteiger partial charge < -0.3 is 14.4 Å². The Morgan fingerprint density at radius 3 is 2.74 bits per heavy atom. The van der Waals surface area contributed by atoms with Crippen molar-refractivity contribution < 1.29 is 14.3 Å². The molecule has 0 aromatic heterocycles. The summed E-state index contributed by atoms with van der Waals surface area (Å²) in [5.74, 6) is 2.10. The molecule has 0 atom stereocenters. The molecule has 1 aliphatic heterocycles. The molecule has 1 aromatic rings. The van der Waals surface area contributed by atoms with Crippen LogP contribution in [0.1, 0.15) is 10.4 Å². The molecular formula is C13H16BrNO3S. The van der Waals surface area contributed by atoms with Gasteiger partial charge in [-0.15, -0.1) is 28.7 Å². The van der Waals surface area contributed by atoms with E-state index in [2.05, 4.69) is 0 Å². The number of rotatable bonds is 5. The molecule has 1 heterocycles. The van der Waals surface area contributed by atoms with Crippen molar-refractivity contribution >= 4 is 34.5 Å². The smallest absolute Gasteiger partial charge is 0.185 e. The molecule has 0 saturated heterocycles. The Balaban J connectivity index is 0.00000180. The lowest BCUT2D eigenvalue weighted by atomic mass is 10.1. The van der Waals surface area contributed by atoms with E-state index in [0.717, 1.165) is 5.88 Å². The summed E-state index contributed by atoms with van der Waals surface area (Å²) in [7, 11) is 3.14. The molecule has 6 heteroatoms. The quantitative estimate of drug-likeness (QED) is 0.767. The second-order valence-corrected chi connectivity index (χ2v) is 4.68. The molecule has 0 spiro atoms. The van der Waals surface area contributed by atoms with Crippen molar-refractivity contribution in [3.05, 3.63) is 35.4 Å². The van der Waals surface area contributed by atoms with Gasteiger partial charge in [0.1, 0.15) is 11.5 Å². The molecule has 0 saturated carbocycles. The highest BCUT2D eigenvalue weighted by molar-refractivity contribution is 8.93. The van der Waals surface area contributed by atoms with Crippen molar-refractivity contribution in [1.29, 1.82) is 0 Å². The SMILES string of the molecule is Br.COc1ccc(C(=O)CN2C=CSC2)c(OC)c1. The largest absolute Gasteiger partial charge is 0.497 e. The summed E-state index contributed by atoms with van der Waals surface area (Å²) in [5, 5.41) is 1.98. The highest BCUT2D eigenvalue weighted by atomic mass is 79.9. The Morgan fingerprint density at radius 1 is 1.37 bits per heavy atom. The van der Waals surface area contributed by atoms with Gasteiger partial charge in [0.25, 0.3) is 0 Å². The maximum Gasteiger partial charge on any atom is 0.185 e. The Labute approximate surface area is 127 Å². The van der Waals surface area contributed by atoms with Gasteiger partial charge in [0.2, 0.25) is 0 Å². The molecule has 0 N–H and O–H groups in total. The van der Waals surface area contributed by atoms with Gasteiger partial charge in [-0.3, -0.25) is 4.79 Å². The van der Waals surface area contributed by atoms with Crippen LogP contribution >= 0.6 is 28.7 Å². The van der Waals surface area contributed by atoms with E-state index in [1.165, 1.54) is 0 Å². The average Bonchev–Trinajstić information content (AvgIpc) is 2.90. The number of carbonyl (C=O) groups excluding carboxylic acids is 1. The molecule has 104 valence electrons. The van der Waals surface area contributed by atoms with Gasteiger partial charge in [-0.25, -0.2) is 0 Å². The van der Waals surface area contributed by atoms with Gasteiger partial charge in [0.05, 0.1) is 32.2 Å². The first-order valence-corrected chi connectivity index (χ1v) is 6.57. The number of nitrogens with zero attached hydrogens (tertiary/aromatic N) is 1. The number of methoxy groups -OCH3 is 2. The Hall–Kier alpha value is -1.14. The van der Waals surface area contributed by atoms with Crippen molar-refractivity contribution in [2.45, 2.75) is 0 Å². The molecule has 19 heavy (non-hydrogen) atoms. The third kappa shape index (κ3) is 3.91. The van der Waals surface area contributed by atoms with Gasteiger partial charge in [0, 0.05) is 12.3 Å². The molecular weight excluding hydrogens is 330 g/mol. The lowest BCUT2D eigenvalue weighted by molar-refractivity contribution is 0.0960. The molecule has 0 fully saturated rings. The number of Topliss-reactive ketones (excluding diaryl/α,β-unsaturated/α-hetero) is 1. The van der Waals surface area contributed by atoms with E-state index in [1.54, 1.807) is 44.2 Å². The highest BCUT2D eigenvalue weighted by Crippen LogP contribution is 2.25. The highest BCUT2D eigenvalue weighted by Gasteiger charge is 2.16. The lowest BCUT2D eigenvalue weighted by Crippen LogP contribution is -2.23. The number of hydrogen-bond donors (Lipinski definition) is 0. The fourth-order valence-electron chi connectivity index (χ4n) is 1.71. The van der Waals surface area contributed by atoms with Gasteiger partial charge in [-0.05, 0) is 17.5 Å². The number of halogens is 1. The minimum atomic E-state index is 0. The van der Waals surface area contributed by atoms with Crippen molar-refractivity contribution in [3.63, 3.8) is 0 Å². The fraction of sp³-hybridized carbons (Fsp3) is 0.308. The summed E-state index contributed by atoms with van der Waals surface area (Å²) in [5.41, 5.74) is 0.587. The zero-order valence-corrected chi connectivity index (χ0v) is 13.3.